The zero-order valence-corrected chi connectivity index (χ0v) is 16.2. The largest absolute Gasteiger partial charge is 0.361 e. The summed E-state index contributed by atoms with van der Waals surface area (Å²) in [5.41, 5.74) is 2.66. The van der Waals surface area contributed by atoms with Gasteiger partial charge < -0.3 is 10.6 Å². The van der Waals surface area contributed by atoms with Crippen LogP contribution in [0.4, 0.5) is 24.0 Å². The van der Waals surface area contributed by atoms with E-state index in [0.717, 1.165) is 28.4 Å². The minimum absolute atomic E-state index is 0.0327. The number of thiazole rings is 1. The number of anilines is 2. The van der Waals surface area contributed by atoms with E-state index in [2.05, 4.69) is 15.6 Å². The highest BCUT2D eigenvalue weighted by atomic mass is 32.1. The number of fused-ring (bicyclic) bond motifs is 1. The first-order valence-electron chi connectivity index (χ1n) is 9.19. The summed E-state index contributed by atoms with van der Waals surface area (Å²) in [6.07, 6.45) is 1.01. The van der Waals surface area contributed by atoms with Crippen molar-refractivity contribution in [3.63, 3.8) is 0 Å². The van der Waals surface area contributed by atoms with Crippen molar-refractivity contribution in [3.8, 4) is 10.4 Å². The smallest absolute Gasteiger partial charge is 0.263 e. The van der Waals surface area contributed by atoms with E-state index in [1.807, 2.05) is 6.07 Å². The molecular weight excluding hydrogens is 399 g/mol. The molecule has 1 aromatic heterocycles. The Morgan fingerprint density at radius 1 is 1.21 bits per heavy atom. The third-order valence-corrected chi connectivity index (χ3v) is 5.73. The first-order chi connectivity index (χ1) is 14.0. The van der Waals surface area contributed by atoms with E-state index in [9.17, 15) is 18.0 Å². The molecule has 0 atom stereocenters. The molecule has 29 heavy (non-hydrogen) atoms. The molecule has 2 heterocycles. The van der Waals surface area contributed by atoms with Gasteiger partial charge >= 0.3 is 0 Å². The van der Waals surface area contributed by atoms with Gasteiger partial charge in [-0.2, -0.15) is 0 Å². The lowest BCUT2D eigenvalue weighted by atomic mass is 10.1. The highest BCUT2D eigenvalue weighted by molar-refractivity contribution is 7.18. The normalized spacial score (nSPS) is 12.9. The molecule has 1 aliphatic heterocycles. The number of rotatable bonds is 7. The Bertz CT molecular complexity index is 1030. The fraction of sp³-hybridized carbons (Fsp3) is 0.238. The van der Waals surface area contributed by atoms with Gasteiger partial charge in [0.15, 0.2) is 5.13 Å². The second-order valence-electron chi connectivity index (χ2n) is 6.82. The highest BCUT2D eigenvalue weighted by Gasteiger charge is 2.22. The van der Waals surface area contributed by atoms with E-state index in [0.29, 0.717) is 17.7 Å². The predicted molar refractivity (Wildman–Crippen MR) is 108 cm³/mol. The van der Waals surface area contributed by atoms with Gasteiger partial charge in [-0.1, -0.05) is 35.6 Å². The number of hydrogen-bond donors (Lipinski definition) is 2. The molecule has 0 saturated heterocycles. The van der Waals surface area contributed by atoms with Crippen LogP contribution in [-0.4, -0.2) is 17.4 Å². The van der Waals surface area contributed by atoms with Gasteiger partial charge in [-0.15, -0.1) is 0 Å². The van der Waals surface area contributed by atoms with Crippen molar-refractivity contribution in [3.05, 3.63) is 65.1 Å². The van der Waals surface area contributed by atoms with Crippen LogP contribution < -0.4 is 10.6 Å². The maximum Gasteiger partial charge on any atom is 0.263 e. The van der Waals surface area contributed by atoms with Gasteiger partial charge in [-0.3, -0.25) is 4.79 Å². The van der Waals surface area contributed by atoms with Crippen LogP contribution in [0.25, 0.3) is 10.4 Å². The lowest BCUT2D eigenvalue weighted by Gasteiger charge is -2.05. The molecule has 3 aromatic rings. The van der Waals surface area contributed by atoms with E-state index in [1.165, 1.54) is 29.5 Å². The molecule has 0 aliphatic carbocycles. The average molecular weight is 417 g/mol. The predicted octanol–water partition coefficient (Wildman–Crippen LogP) is 5.43. The number of nitrogens with zero attached hydrogens (tertiary/aromatic N) is 1. The molecule has 0 spiro atoms. The second-order valence-corrected chi connectivity index (χ2v) is 7.85. The monoisotopic (exact) mass is 417 g/mol. The SMILES string of the molecule is O=C1Cc2cc(-c3cnc(NCCCc4ccc(C(F)F)cc4)s3)cc(F)c2N1. The van der Waals surface area contributed by atoms with Crippen LogP contribution in [0.1, 0.15) is 29.5 Å². The number of aromatic nitrogens is 1. The van der Waals surface area contributed by atoms with Crippen molar-refractivity contribution >= 4 is 28.1 Å². The van der Waals surface area contributed by atoms with Crippen LogP contribution in [0.5, 0.6) is 0 Å². The molecule has 2 N–H and O–H groups in total. The molecule has 1 amide bonds. The van der Waals surface area contributed by atoms with Gasteiger partial charge in [0.05, 0.1) is 17.0 Å². The van der Waals surface area contributed by atoms with Crippen molar-refractivity contribution < 1.29 is 18.0 Å². The fourth-order valence-electron chi connectivity index (χ4n) is 3.25. The molecule has 2 aromatic carbocycles. The number of carbonyl (C=O) groups is 1. The molecule has 8 heteroatoms. The van der Waals surface area contributed by atoms with E-state index in [4.69, 9.17) is 0 Å². The van der Waals surface area contributed by atoms with Crippen LogP contribution in [0.15, 0.2) is 42.6 Å². The number of halogens is 3. The van der Waals surface area contributed by atoms with E-state index >= 15 is 0 Å². The molecule has 4 nitrogen and oxygen atoms in total. The zero-order chi connectivity index (χ0) is 20.4. The summed E-state index contributed by atoms with van der Waals surface area (Å²) < 4.78 is 39.3. The van der Waals surface area contributed by atoms with E-state index in [-0.39, 0.29) is 23.6 Å². The van der Waals surface area contributed by atoms with Crippen LogP contribution in [-0.2, 0) is 17.6 Å². The number of nitrogens with one attached hydrogen (secondary N) is 2. The number of aryl methyl sites for hydroxylation is 1. The quantitative estimate of drug-likeness (QED) is 0.504. The molecule has 0 unspecified atom stereocenters. The van der Waals surface area contributed by atoms with Gasteiger partial charge in [0.2, 0.25) is 5.91 Å². The number of amides is 1. The Balaban J connectivity index is 1.33. The average Bonchev–Trinajstić information content (AvgIpc) is 3.32. The van der Waals surface area contributed by atoms with Crippen LogP contribution in [0.3, 0.4) is 0 Å². The molecule has 150 valence electrons. The molecule has 4 rings (SSSR count). The van der Waals surface area contributed by atoms with Crippen LogP contribution in [0, 0.1) is 5.82 Å². The standard InChI is InChI=1S/C21H18F3N3OS/c22-16-9-14(8-15-10-18(28)27-19(15)16)17-11-26-21(29-17)25-7-1-2-12-3-5-13(6-4-12)20(23)24/h3-6,8-9,11,20H,1-2,7,10H2,(H,25,26)(H,27,28). The second kappa shape index (κ2) is 8.24. The van der Waals surface area contributed by atoms with Crippen molar-refractivity contribution in [2.24, 2.45) is 0 Å². The number of benzene rings is 2. The maximum absolute atomic E-state index is 14.2. The Morgan fingerprint density at radius 3 is 2.76 bits per heavy atom. The Kier molecular flexibility index (Phi) is 5.53. The van der Waals surface area contributed by atoms with Gasteiger partial charge in [0.25, 0.3) is 6.43 Å². The number of carbonyl (C=O) groups excluding carboxylic acids is 1. The molecule has 0 radical (unpaired) electrons. The Labute approximate surface area is 169 Å². The number of alkyl halides is 2. The molecular formula is C21H18F3N3OS. The summed E-state index contributed by atoms with van der Waals surface area (Å²) in [6, 6.07) is 9.59. The topological polar surface area (TPSA) is 54.0 Å². The van der Waals surface area contributed by atoms with Gasteiger partial charge in [0, 0.05) is 18.3 Å². The van der Waals surface area contributed by atoms with Crippen LogP contribution >= 0.6 is 11.3 Å². The first-order valence-corrected chi connectivity index (χ1v) is 10.0. The van der Waals surface area contributed by atoms with Crippen molar-refractivity contribution in [2.45, 2.75) is 25.7 Å². The number of hydrogen-bond acceptors (Lipinski definition) is 4. The minimum Gasteiger partial charge on any atom is -0.361 e. The van der Waals surface area contributed by atoms with Gasteiger partial charge in [-0.25, -0.2) is 18.2 Å². The lowest BCUT2D eigenvalue weighted by molar-refractivity contribution is -0.115. The Hall–Kier alpha value is -2.87. The van der Waals surface area contributed by atoms with Gasteiger partial charge in [0.1, 0.15) is 5.82 Å². The van der Waals surface area contributed by atoms with E-state index in [1.54, 1.807) is 18.3 Å². The Morgan fingerprint density at radius 2 is 2.00 bits per heavy atom. The summed E-state index contributed by atoms with van der Waals surface area (Å²) in [5, 5.41) is 6.49. The summed E-state index contributed by atoms with van der Waals surface area (Å²) in [4.78, 5) is 16.6. The summed E-state index contributed by atoms with van der Waals surface area (Å²) >= 11 is 1.41. The third kappa shape index (κ3) is 4.42. The van der Waals surface area contributed by atoms with Gasteiger partial charge in [-0.05, 0) is 41.7 Å². The first kappa shape index (κ1) is 19.4. The lowest BCUT2D eigenvalue weighted by Crippen LogP contribution is -2.04. The zero-order valence-electron chi connectivity index (χ0n) is 15.3. The van der Waals surface area contributed by atoms with Crippen molar-refractivity contribution in [1.82, 2.24) is 4.98 Å². The molecule has 0 bridgehead atoms. The fourth-order valence-corrected chi connectivity index (χ4v) is 4.08. The maximum atomic E-state index is 14.2. The van der Waals surface area contributed by atoms with Crippen molar-refractivity contribution in [1.29, 1.82) is 0 Å². The van der Waals surface area contributed by atoms with Crippen LogP contribution in [0.2, 0.25) is 0 Å². The molecule has 0 saturated carbocycles. The van der Waals surface area contributed by atoms with E-state index < -0.39 is 12.2 Å². The third-order valence-electron chi connectivity index (χ3n) is 4.73. The minimum atomic E-state index is -2.44. The summed E-state index contributed by atoms with van der Waals surface area (Å²) in [7, 11) is 0. The summed E-state index contributed by atoms with van der Waals surface area (Å²) in [6.45, 7) is 0.681. The van der Waals surface area contributed by atoms with Crippen molar-refractivity contribution in [2.75, 3.05) is 17.2 Å². The summed E-state index contributed by atoms with van der Waals surface area (Å²) in [5.74, 6) is -0.643. The molecule has 1 aliphatic rings. The highest BCUT2D eigenvalue weighted by Crippen LogP contribution is 2.35. The molecule has 0 fully saturated rings.